The third-order valence-electron chi connectivity index (χ3n) is 5.06. The van der Waals surface area contributed by atoms with Crippen LogP contribution in [0.15, 0.2) is 41.1 Å². The van der Waals surface area contributed by atoms with Crippen LogP contribution in [0.4, 0.5) is 0 Å². The summed E-state index contributed by atoms with van der Waals surface area (Å²) in [5, 5.41) is 11.2. The molecule has 1 aromatic carbocycles. The van der Waals surface area contributed by atoms with E-state index >= 15 is 0 Å². The number of aromatic nitrogens is 3. The second-order valence-corrected chi connectivity index (χ2v) is 7.03. The van der Waals surface area contributed by atoms with Crippen LogP contribution in [0.5, 0.6) is 5.75 Å². The van der Waals surface area contributed by atoms with Gasteiger partial charge in [0.25, 0.3) is 0 Å². The van der Waals surface area contributed by atoms with Crippen molar-refractivity contribution in [2.45, 2.75) is 39.2 Å². The molecule has 0 unspecified atom stereocenters. The Balaban J connectivity index is 1.51. The number of hydrogen-bond donors (Lipinski definition) is 1. The molecule has 0 aliphatic carbocycles. The number of benzene rings is 1. The van der Waals surface area contributed by atoms with Gasteiger partial charge in [0.05, 0.1) is 42.2 Å². The van der Waals surface area contributed by atoms with Crippen LogP contribution < -0.4 is 4.74 Å². The molecule has 1 fully saturated rings. The number of rotatable bonds is 6. The highest BCUT2D eigenvalue weighted by molar-refractivity contribution is 5.80. The lowest BCUT2D eigenvalue weighted by atomic mass is 10.0. The Morgan fingerprint density at radius 1 is 1.36 bits per heavy atom. The molecule has 1 N–H and O–H groups in total. The number of nitrogens with one attached hydrogen (secondary N) is 1. The first-order chi connectivity index (χ1) is 13.7. The highest BCUT2D eigenvalue weighted by Crippen LogP contribution is 2.37. The van der Waals surface area contributed by atoms with Crippen LogP contribution in [0.3, 0.4) is 0 Å². The quantitative estimate of drug-likeness (QED) is 0.705. The minimum atomic E-state index is -0.0295. The number of carbonyl (C=O) groups excluding carboxylic acids is 1. The van der Waals surface area contributed by atoms with E-state index in [1.807, 2.05) is 49.1 Å². The smallest absolute Gasteiger partial charge is 0.227 e. The molecule has 0 radical (unpaired) electrons. The second-order valence-electron chi connectivity index (χ2n) is 7.03. The number of aromatic amines is 1. The minimum absolute atomic E-state index is 0.0295. The molecule has 1 saturated heterocycles. The van der Waals surface area contributed by atoms with Crippen molar-refractivity contribution in [1.82, 2.24) is 20.3 Å². The van der Waals surface area contributed by atoms with E-state index in [-0.39, 0.29) is 11.9 Å². The summed E-state index contributed by atoms with van der Waals surface area (Å²) < 4.78 is 10.9. The first-order valence-corrected chi connectivity index (χ1v) is 9.64. The van der Waals surface area contributed by atoms with E-state index in [0.29, 0.717) is 18.8 Å². The summed E-state index contributed by atoms with van der Waals surface area (Å²) in [5.41, 5.74) is 3.58. The molecule has 1 amide bonds. The molecule has 28 heavy (non-hydrogen) atoms. The van der Waals surface area contributed by atoms with Gasteiger partial charge in [0.15, 0.2) is 5.76 Å². The summed E-state index contributed by atoms with van der Waals surface area (Å²) in [5.74, 6) is 1.61. The summed E-state index contributed by atoms with van der Waals surface area (Å²) in [6.45, 7) is 5.21. The summed E-state index contributed by atoms with van der Waals surface area (Å²) in [7, 11) is 0. The molecule has 4 rings (SSSR count). The normalized spacial score (nSPS) is 16.5. The SMILES string of the molecule is CCOc1ccc(CC(=O)N2CCC[C@@H]2c2[nH]ncc2-c2cc(C)no2)cc1. The molecular weight excluding hydrogens is 356 g/mol. The standard InChI is InChI=1S/C21H24N4O3/c1-3-27-16-8-6-15(7-9-16)12-20(26)25-10-4-5-18(25)21-17(13-22-23-21)19-11-14(2)24-28-19/h6-9,11,13,18H,3-5,10,12H2,1-2H3,(H,22,23)/t18-/m1/s1. The number of H-pyrrole nitrogens is 1. The van der Waals surface area contributed by atoms with Gasteiger partial charge in [0, 0.05) is 12.6 Å². The highest BCUT2D eigenvalue weighted by Gasteiger charge is 2.33. The molecule has 146 valence electrons. The fourth-order valence-electron chi connectivity index (χ4n) is 3.75. The predicted molar refractivity (Wildman–Crippen MR) is 104 cm³/mol. The molecule has 7 heteroatoms. The van der Waals surface area contributed by atoms with E-state index in [2.05, 4.69) is 15.4 Å². The zero-order valence-corrected chi connectivity index (χ0v) is 16.1. The Labute approximate surface area is 163 Å². The van der Waals surface area contributed by atoms with Gasteiger partial charge in [-0.25, -0.2) is 0 Å². The van der Waals surface area contributed by atoms with E-state index in [4.69, 9.17) is 9.26 Å². The van der Waals surface area contributed by atoms with Gasteiger partial charge >= 0.3 is 0 Å². The maximum absolute atomic E-state index is 13.0. The summed E-state index contributed by atoms with van der Waals surface area (Å²) in [6.07, 6.45) is 3.97. The largest absolute Gasteiger partial charge is 0.494 e. The molecule has 3 aromatic rings. The summed E-state index contributed by atoms with van der Waals surface area (Å²) >= 11 is 0. The van der Waals surface area contributed by atoms with Gasteiger partial charge in [0.1, 0.15) is 5.75 Å². The first kappa shape index (κ1) is 18.3. The van der Waals surface area contributed by atoms with Crippen molar-refractivity contribution in [2.24, 2.45) is 0 Å². The third-order valence-corrected chi connectivity index (χ3v) is 5.06. The van der Waals surface area contributed by atoms with E-state index in [9.17, 15) is 4.79 Å². The Hall–Kier alpha value is -3.09. The number of aryl methyl sites for hydroxylation is 1. The van der Waals surface area contributed by atoms with Crippen molar-refractivity contribution in [2.75, 3.05) is 13.2 Å². The maximum atomic E-state index is 13.0. The molecule has 3 heterocycles. The average Bonchev–Trinajstić information content (AvgIpc) is 3.42. The van der Waals surface area contributed by atoms with E-state index in [1.165, 1.54) is 0 Å². The number of likely N-dealkylation sites (tertiary alicyclic amines) is 1. The van der Waals surface area contributed by atoms with Gasteiger partial charge in [-0.2, -0.15) is 5.10 Å². The summed E-state index contributed by atoms with van der Waals surface area (Å²) in [6, 6.07) is 9.58. The van der Waals surface area contributed by atoms with Crippen LogP contribution in [-0.4, -0.2) is 39.3 Å². The molecule has 0 spiro atoms. The van der Waals surface area contributed by atoms with Gasteiger partial charge in [-0.15, -0.1) is 0 Å². The zero-order chi connectivity index (χ0) is 19.5. The lowest BCUT2D eigenvalue weighted by Gasteiger charge is -2.24. The molecule has 1 aliphatic rings. The van der Waals surface area contributed by atoms with Gasteiger partial charge < -0.3 is 14.2 Å². The lowest BCUT2D eigenvalue weighted by Crippen LogP contribution is -2.32. The third kappa shape index (κ3) is 3.65. The number of hydrogen-bond acceptors (Lipinski definition) is 5. The van der Waals surface area contributed by atoms with Crippen LogP contribution in [-0.2, 0) is 11.2 Å². The van der Waals surface area contributed by atoms with E-state index < -0.39 is 0 Å². The molecular formula is C21H24N4O3. The number of nitrogens with zero attached hydrogens (tertiary/aromatic N) is 3. The minimum Gasteiger partial charge on any atom is -0.494 e. The zero-order valence-electron chi connectivity index (χ0n) is 16.1. The fourth-order valence-corrected chi connectivity index (χ4v) is 3.75. The molecule has 7 nitrogen and oxygen atoms in total. The van der Waals surface area contributed by atoms with E-state index in [1.54, 1.807) is 6.20 Å². The van der Waals surface area contributed by atoms with Crippen molar-refractivity contribution in [3.63, 3.8) is 0 Å². The van der Waals surface area contributed by atoms with Gasteiger partial charge in [-0.05, 0) is 44.4 Å². The molecule has 1 atom stereocenters. The molecule has 0 bridgehead atoms. The van der Waals surface area contributed by atoms with Crippen LogP contribution >= 0.6 is 0 Å². The fraction of sp³-hybridized carbons (Fsp3) is 0.381. The van der Waals surface area contributed by atoms with Gasteiger partial charge in [0.2, 0.25) is 5.91 Å². The molecule has 0 saturated carbocycles. The predicted octanol–water partition coefficient (Wildman–Crippen LogP) is 3.68. The average molecular weight is 380 g/mol. The summed E-state index contributed by atoms with van der Waals surface area (Å²) in [4.78, 5) is 14.9. The van der Waals surface area contributed by atoms with Crippen molar-refractivity contribution in [3.05, 3.63) is 53.5 Å². The van der Waals surface area contributed by atoms with Gasteiger partial charge in [-0.3, -0.25) is 9.89 Å². The van der Waals surface area contributed by atoms with Crippen LogP contribution in [0.25, 0.3) is 11.3 Å². The first-order valence-electron chi connectivity index (χ1n) is 9.64. The van der Waals surface area contributed by atoms with Crippen LogP contribution in [0.1, 0.15) is 42.8 Å². The Bertz CT molecular complexity index is 945. The van der Waals surface area contributed by atoms with Crippen molar-refractivity contribution in [1.29, 1.82) is 0 Å². The Morgan fingerprint density at radius 3 is 2.89 bits per heavy atom. The molecule has 2 aromatic heterocycles. The Kier molecular flexibility index (Phi) is 5.14. The van der Waals surface area contributed by atoms with Crippen LogP contribution in [0.2, 0.25) is 0 Å². The number of carbonyl (C=O) groups is 1. The topological polar surface area (TPSA) is 84.2 Å². The van der Waals surface area contributed by atoms with Gasteiger partial charge in [-0.1, -0.05) is 17.3 Å². The van der Waals surface area contributed by atoms with E-state index in [0.717, 1.165) is 47.7 Å². The second kappa shape index (κ2) is 7.88. The molecule has 1 aliphatic heterocycles. The highest BCUT2D eigenvalue weighted by atomic mass is 16.5. The number of amides is 1. The monoisotopic (exact) mass is 380 g/mol. The lowest BCUT2D eigenvalue weighted by molar-refractivity contribution is -0.131. The van der Waals surface area contributed by atoms with Crippen molar-refractivity contribution in [3.8, 4) is 17.1 Å². The Morgan fingerprint density at radius 2 is 2.18 bits per heavy atom. The van der Waals surface area contributed by atoms with Crippen molar-refractivity contribution < 1.29 is 14.1 Å². The number of ether oxygens (including phenoxy) is 1. The maximum Gasteiger partial charge on any atom is 0.227 e. The van der Waals surface area contributed by atoms with Crippen LogP contribution in [0, 0.1) is 6.92 Å². The van der Waals surface area contributed by atoms with Crippen molar-refractivity contribution >= 4 is 5.91 Å².